The maximum Gasteiger partial charge on any atom is 0.227 e. The Morgan fingerprint density at radius 1 is 1.27 bits per heavy atom. The molecule has 0 aliphatic carbocycles. The van der Waals surface area contributed by atoms with Crippen LogP contribution in [0.25, 0.3) is 11.4 Å². The van der Waals surface area contributed by atoms with Crippen molar-refractivity contribution in [3.63, 3.8) is 0 Å². The SMILES string of the molecule is CC(C)c1ccc(-c2noc(CCC(=O)NC(C)C3CCCO3)n2)cc1. The predicted octanol–water partition coefficient (Wildman–Crippen LogP) is 3.48. The van der Waals surface area contributed by atoms with Crippen molar-refractivity contribution in [1.82, 2.24) is 15.5 Å². The number of aromatic nitrogens is 2. The van der Waals surface area contributed by atoms with Gasteiger partial charge in [-0.15, -0.1) is 0 Å². The van der Waals surface area contributed by atoms with Gasteiger partial charge in [0, 0.05) is 25.0 Å². The predicted molar refractivity (Wildman–Crippen MR) is 98.7 cm³/mol. The fraction of sp³-hybridized carbons (Fsp3) is 0.550. The van der Waals surface area contributed by atoms with Crippen molar-refractivity contribution in [2.45, 2.75) is 64.5 Å². The Morgan fingerprint density at radius 2 is 2.04 bits per heavy atom. The smallest absolute Gasteiger partial charge is 0.227 e. The molecule has 1 aliphatic rings. The van der Waals surface area contributed by atoms with Gasteiger partial charge in [-0.3, -0.25) is 4.79 Å². The third-order valence-corrected chi connectivity index (χ3v) is 4.78. The summed E-state index contributed by atoms with van der Waals surface area (Å²) in [6, 6.07) is 8.19. The van der Waals surface area contributed by atoms with E-state index in [-0.39, 0.29) is 18.1 Å². The van der Waals surface area contributed by atoms with Crippen molar-refractivity contribution in [2.75, 3.05) is 6.61 Å². The van der Waals surface area contributed by atoms with Crippen LogP contribution in [0.4, 0.5) is 0 Å². The number of rotatable bonds is 7. The molecule has 2 heterocycles. The number of nitrogens with one attached hydrogen (secondary N) is 1. The first-order valence-electron chi connectivity index (χ1n) is 9.37. The lowest BCUT2D eigenvalue weighted by Gasteiger charge is -2.19. The van der Waals surface area contributed by atoms with Crippen LogP contribution in [0.1, 0.15) is 57.4 Å². The molecule has 1 fully saturated rings. The number of carbonyl (C=O) groups is 1. The summed E-state index contributed by atoms with van der Waals surface area (Å²) in [6.07, 6.45) is 2.95. The Morgan fingerprint density at radius 3 is 2.69 bits per heavy atom. The van der Waals surface area contributed by atoms with E-state index in [1.807, 2.05) is 19.1 Å². The van der Waals surface area contributed by atoms with Gasteiger partial charge < -0.3 is 14.6 Å². The van der Waals surface area contributed by atoms with Gasteiger partial charge in [0.25, 0.3) is 0 Å². The summed E-state index contributed by atoms with van der Waals surface area (Å²) in [7, 11) is 0. The van der Waals surface area contributed by atoms with Crippen LogP contribution in [-0.2, 0) is 16.0 Å². The lowest BCUT2D eigenvalue weighted by atomic mass is 10.0. The summed E-state index contributed by atoms with van der Waals surface area (Å²) in [5.41, 5.74) is 2.19. The number of ether oxygens (including phenoxy) is 1. The van der Waals surface area contributed by atoms with Gasteiger partial charge in [-0.1, -0.05) is 43.3 Å². The molecule has 0 saturated carbocycles. The highest BCUT2D eigenvalue weighted by Crippen LogP contribution is 2.21. The van der Waals surface area contributed by atoms with Crippen molar-refractivity contribution < 1.29 is 14.1 Å². The molecular weight excluding hydrogens is 330 g/mol. The summed E-state index contributed by atoms with van der Waals surface area (Å²) < 4.78 is 10.9. The molecule has 6 heteroatoms. The molecule has 6 nitrogen and oxygen atoms in total. The third-order valence-electron chi connectivity index (χ3n) is 4.78. The largest absolute Gasteiger partial charge is 0.376 e. The van der Waals surface area contributed by atoms with Crippen LogP contribution < -0.4 is 5.32 Å². The number of amides is 1. The number of carbonyl (C=O) groups excluding carboxylic acids is 1. The van der Waals surface area contributed by atoms with Gasteiger partial charge in [0.2, 0.25) is 17.6 Å². The molecule has 1 amide bonds. The van der Waals surface area contributed by atoms with Crippen molar-refractivity contribution >= 4 is 5.91 Å². The summed E-state index contributed by atoms with van der Waals surface area (Å²) in [5, 5.41) is 7.02. The fourth-order valence-electron chi connectivity index (χ4n) is 3.13. The minimum absolute atomic E-state index is 0.0194. The van der Waals surface area contributed by atoms with Crippen LogP contribution in [0, 0.1) is 0 Å². The van der Waals surface area contributed by atoms with Gasteiger partial charge in [0.15, 0.2) is 0 Å². The highest BCUT2D eigenvalue weighted by atomic mass is 16.5. The van der Waals surface area contributed by atoms with Crippen LogP contribution in [0.2, 0.25) is 0 Å². The second-order valence-electron chi connectivity index (χ2n) is 7.20. The molecule has 1 aromatic heterocycles. The molecule has 2 atom stereocenters. The van der Waals surface area contributed by atoms with E-state index in [1.165, 1.54) is 5.56 Å². The van der Waals surface area contributed by atoms with Crippen molar-refractivity contribution in [3.05, 3.63) is 35.7 Å². The molecule has 0 bridgehead atoms. The van der Waals surface area contributed by atoms with Crippen molar-refractivity contribution in [2.24, 2.45) is 0 Å². The van der Waals surface area contributed by atoms with Gasteiger partial charge >= 0.3 is 0 Å². The fourth-order valence-corrected chi connectivity index (χ4v) is 3.13. The standard InChI is InChI=1S/C20H27N3O3/c1-13(2)15-6-8-16(9-7-15)20-22-19(26-23-20)11-10-18(24)21-14(3)17-5-4-12-25-17/h6-9,13-14,17H,4-5,10-12H2,1-3H3,(H,21,24). The van der Waals surface area contributed by atoms with E-state index in [0.717, 1.165) is 25.0 Å². The number of hydrogen-bond donors (Lipinski definition) is 1. The van der Waals surface area contributed by atoms with Gasteiger partial charge in [0.1, 0.15) is 0 Å². The molecule has 140 valence electrons. The number of nitrogens with zero attached hydrogens (tertiary/aromatic N) is 2. The Labute approximate surface area is 154 Å². The third kappa shape index (κ3) is 4.69. The maximum atomic E-state index is 12.1. The molecule has 26 heavy (non-hydrogen) atoms. The van der Waals surface area contributed by atoms with Crippen molar-refractivity contribution in [3.8, 4) is 11.4 Å². The number of aryl methyl sites for hydroxylation is 1. The van der Waals surface area contributed by atoms with Crippen LogP contribution in [-0.4, -0.2) is 34.8 Å². The zero-order chi connectivity index (χ0) is 18.5. The Hall–Kier alpha value is -2.21. The van der Waals surface area contributed by atoms with Gasteiger partial charge in [-0.2, -0.15) is 4.98 Å². The Kier molecular flexibility index (Phi) is 6.04. The molecule has 1 saturated heterocycles. The second-order valence-corrected chi connectivity index (χ2v) is 7.20. The van der Waals surface area contributed by atoms with Crippen LogP contribution in [0.3, 0.4) is 0 Å². The average molecular weight is 357 g/mol. The number of benzene rings is 1. The van der Waals surface area contributed by atoms with Crippen molar-refractivity contribution in [1.29, 1.82) is 0 Å². The zero-order valence-corrected chi connectivity index (χ0v) is 15.7. The molecular formula is C20H27N3O3. The van der Waals surface area contributed by atoms with E-state index in [2.05, 4.69) is 41.4 Å². The van der Waals surface area contributed by atoms with E-state index >= 15 is 0 Å². The minimum Gasteiger partial charge on any atom is -0.376 e. The van der Waals surface area contributed by atoms with Crippen LogP contribution in [0.15, 0.2) is 28.8 Å². The van der Waals surface area contributed by atoms with Crippen LogP contribution >= 0.6 is 0 Å². The summed E-state index contributed by atoms with van der Waals surface area (Å²) in [6.45, 7) is 7.09. The summed E-state index contributed by atoms with van der Waals surface area (Å²) in [4.78, 5) is 16.5. The van der Waals surface area contributed by atoms with E-state index in [1.54, 1.807) is 0 Å². The van der Waals surface area contributed by atoms with Gasteiger partial charge in [-0.05, 0) is 31.2 Å². The van der Waals surface area contributed by atoms with E-state index < -0.39 is 0 Å². The summed E-state index contributed by atoms with van der Waals surface area (Å²) in [5.74, 6) is 1.51. The average Bonchev–Trinajstić information content (AvgIpc) is 3.32. The first-order valence-corrected chi connectivity index (χ1v) is 9.37. The molecule has 1 N–H and O–H groups in total. The first kappa shape index (κ1) is 18.6. The monoisotopic (exact) mass is 357 g/mol. The highest BCUT2D eigenvalue weighted by Gasteiger charge is 2.23. The van der Waals surface area contributed by atoms with E-state index in [0.29, 0.717) is 30.5 Å². The molecule has 2 unspecified atom stereocenters. The molecule has 1 aliphatic heterocycles. The topological polar surface area (TPSA) is 77.2 Å². The molecule has 1 aromatic carbocycles. The minimum atomic E-state index is -0.0194. The van der Waals surface area contributed by atoms with Crippen LogP contribution in [0.5, 0.6) is 0 Å². The normalized spacial score (nSPS) is 18.2. The zero-order valence-electron chi connectivity index (χ0n) is 15.7. The lowest BCUT2D eigenvalue weighted by molar-refractivity contribution is -0.122. The molecule has 2 aromatic rings. The van der Waals surface area contributed by atoms with E-state index in [4.69, 9.17) is 9.26 Å². The molecule has 3 rings (SSSR count). The first-order chi connectivity index (χ1) is 12.5. The van der Waals surface area contributed by atoms with E-state index in [9.17, 15) is 4.79 Å². The Balaban J connectivity index is 1.51. The number of hydrogen-bond acceptors (Lipinski definition) is 5. The second kappa shape index (κ2) is 8.45. The lowest BCUT2D eigenvalue weighted by Crippen LogP contribution is -2.40. The maximum absolute atomic E-state index is 12.1. The summed E-state index contributed by atoms with van der Waals surface area (Å²) >= 11 is 0. The van der Waals surface area contributed by atoms with Gasteiger partial charge in [-0.25, -0.2) is 0 Å². The molecule has 0 radical (unpaired) electrons. The molecule has 0 spiro atoms. The van der Waals surface area contributed by atoms with Gasteiger partial charge in [0.05, 0.1) is 12.1 Å². The quantitative estimate of drug-likeness (QED) is 0.821. The Bertz CT molecular complexity index is 718. The highest BCUT2D eigenvalue weighted by molar-refractivity contribution is 5.76.